The monoisotopic (exact) mass is 226 g/mol. The van der Waals surface area contributed by atoms with Crippen molar-refractivity contribution in [2.75, 3.05) is 0 Å². The van der Waals surface area contributed by atoms with E-state index in [9.17, 15) is 12.4 Å². The second kappa shape index (κ2) is 5.69. The van der Waals surface area contributed by atoms with E-state index in [-0.39, 0.29) is 0 Å². The Hall–Kier alpha value is -0.0775. The first-order valence-corrected chi connectivity index (χ1v) is 6.32. The molecule has 0 rings (SSSR count). The first-order chi connectivity index (χ1) is 4.27. The molecule has 0 radical (unpaired) electrons. The molecular weight excluding hydrogens is 223 g/mol. The minimum absolute atomic E-state index is 0.833. The summed E-state index contributed by atoms with van der Waals surface area (Å²) in [6.45, 7) is 2.96. The van der Waals surface area contributed by atoms with Crippen molar-refractivity contribution in [1.29, 1.82) is 0 Å². The van der Waals surface area contributed by atoms with Gasteiger partial charge in [-0.3, -0.25) is 0 Å². The molecule has 4 nitrogen and oxygen atoms in total. The summed E-state index contributed by atoms with van der Waals surface area (Å²) in [4.78, 5) is 9.25. The molecule has 0 atom stereocenters. The van der Waals surface area contributed by atoms with Crippen molar-refractivity contribution in [2.45, 2.75) is 0 Å². The van der Waals surface area contributed by atoms with Crippen LogP contribution in [0.5, 0.6) is 0 Å². The summed E-state index contributed by atoms with van der Waals surface area (Å²) < 4.78 is 18.5. The Balaban J connectivity index is 0. The van der Waals surface area contributed by atoms with Gasteiger partial charge in [-0.2, -0.15) is 0 Å². The number of aliphatic carboxylic acids is 1. The third-order valence-corrected chi connectivity index (χ3v) is 0.175. The minimum atomic E-state index is -4.31. The molecule has 0 heterocycles. The van der Waals surface area contributed by atoms with Crippen molar-refractivity contribution in [3.63, 3.8) is 0 Å². The summed E-state index contributed by atoms with van der Waals surface area (Å²) in [7, 11) is 8.68. The summed E-state index contributed by atoms with van der Waals surface area (Å²) in [5.74, 6) is -0.981. The number of halogens is 2. The molecule has 0 aromatic heterocycles. The standard InChI is InChI=1S/C3H4O2.2ClH.Cr.2O/c1-2-3(4)5;;;;;/h2H,1H2,(H,4,5);2*1H;;;/q;;;+2;;/p-2. The molecule has 10 heavy (non-hydrogen) atoms. The quantitative estimate of drug-likeness (QED) is 0.687. The first-order valence-electron chi connectivity index (χ1n) is 1.77. The number of carboxylic acids is 1. The average molecular weight is 227 g/mol. The van der Waals surface area contributed by atoms with Crippen molar-refractivity contribution >= 4 is 26.1 Å². The summed E-state index contributed by atoms with van der Waals surface area (Å²) >= 11 is -4.31. The topological polar surface area (TPSA) is 71.4 Å². The molecule has 60 valence electrons. The van der Waals surface area contributed by atoms with Gasteiger partial charge in [0.05, 0.1) is 0 Å². The van der Waals surface area contributed by atoms with Gasteiger partial charge in [0.25, 0.3) is 0 Å². The summed E-state index contributed by atoms with van der Waals surface area (Å²) in [6.07, 6.45) is 0.833. The Labute approximate surface area is 67.6 Å². The Morgan fingerprint density at radius 2 is 1.60 bits per heavy atom. The van der Waals surface area contributed by atoms with Crippen LogP contribution in [-0.4, -0.2) is 11.1 Å². The Morgan fingerprint density at radius 1 is 1.50 bits per heavy atom. The van der Waals surface area contributed by atoms with Crippen molar-refractivity contribution < 1.29 is 28.6 Å². The summed E-state index contributed by atoms with van der Waals surface area (Å²) in [5.41, 5.74) is 0. The van der Waals surface area contributed by atoms with Gasteiger partial charge in [-0.25, -0.2) is 4.79 Å². The molecule has 0 aliphatic heterocycles. The van der Waals surface area contributed by atoms with Crippen molar-refractivity contribution in [3.05, 3.63) is 12.7 Å². The fourth-order valence-electron chi connectivity index (χ4n) is 0. The SMILES string of the molecule is C=CC(=O)O.[O]=[Cr](=[O])([Cl])[Cl]. The molecule has 0 aliphatic carbocycles. The zero-order valence-corrected chi connectivity index (χ0v) is 7.41. The van der Waals surface area contributed by atoms with E-state index in [0.29, 0.717) is 0 Å². The maximum atomic E-state index is 9.25. The van der Waals surface area contributed by atoms with Gasteiger partial charge in [0.15, 0.2) is 0 Å². The number of rotatable bonds is 1. The molecule has 7 heteroatoms. The average Bonchev–Trinajstić information content (AvgIpc) is 1.61. The molecule has 0 aromatic rings. The molecule has 0 aromatic carbocycles. The first kappa shape index (κ1) is 12.6. The van der Waals surface area contributed by atoms with Crippen LogP contribution in [0.4, 0.5) is 0 Å². The molecule has 0 amide bonds. The second-order valence-corrected chi connectivity index (χ2v) is 6.10. The number of carboxylic acid groups (broad SMARTS) is 1. The fourth-order valence-corrected chi connectivity index (χ4v) is 0. The molecule has 0 saturated heterocycles. The van der Waals surface area contributed by atoms with Crippen LogP contribution in [0.3, 0.4) is 0 Å². The third kappa shape index (κ3) is 103. The van der Waals surface area contributed by atoms with Crippen molar-refractivity contribution in [2.24, 2.45) is 0 Å². The maximum absolute atomic E-state index is 9.25. The Kier molecular flexibility index (Phi) is 7.16. The van der Waals surface area contributed by atoms with E-state index in [0.717, 1.165) is 6.08 Å². The van der Waals surface area contributed by atoms with Gasteiger partial charge in [0.1, 0.15) is 0 Å². The molecule has 0 unspecified atom stereocenters. The fraction of sp³-hybridized carbons (Fsp3) is 0. The van der Waals surface area contributed by atoms with Gasteiger partial charge < -0.3 is 5.11 Å². The normalized spacial score (nSPS) is 9.00. The van der Waals surface area contributed by atoms with Crippen molar-refractivity contribution in [3.8, 4) is 0 Å². The van der Waals surface area contributed by atoms with Crippen molar-refractivity contribution in [1.82, 2.24) is 0 Å². The number of hydrogen-bond donors (Lipinski definition) is 1. The van der Waals surface area contributed by atoms with E-state index in [1.165, 1.54) is 0 Å². The molecule has 0 bridgehead atoms. The van der Waals surface area contributed by atoms with Crippen LogP contribution in [0.15, 0.2) is 12.7 Å². The predicted molar refractivity (Wildman–Crippen MR) is 30.9 cm³/mol. The van der Waals surface area contributed by atoms with E-state index in [1.807, 2.05) is 0 Å². The zero-order valence-electron chi connectivity index (χ0n) is 4.62. The number of carbonyl (C=O) groups is 1. The van der Waals surface area contributed by atoms with Crippen LogP contribution in [-0.2, 0) is 23.5 Å². The van der Waals surface area contributed by atoms with E-state index in [1.54, 1.807) is 0 Å². The second-order valence-electron chi connectivity index (χ2n) is 0.921. The zero-order chi connectivity index (χ0) is 8.78. The Bertz CT molecular complexity index is 199. The summed E-state index contributed by atoms with van der Waals surface area (Å²) in [5, 5.41) is 7.60. The molecular formula is C3H4Cl2CrO4. The van der Waals surface area contributed by atoms with Crippen LogP contribution < -0.4 is 0 Å². The van der Waals surface area contributed by atoms with E-state index < -0.39 is 17.1 Å². The van der Waals surface area contributed by atoms with Gasteiger partial charge in [-0.15, -0.1) is 0 Å². The predicted octanol–water partition coefficient (Wildman–Crippen LogP) is 1.40. The van der Waals surface area contributed by atoms with Crippen LogP contribution >= 0.6 is 20.1 Å². The van der Waals surface area contributed by atoms with Gasteiger partial charge in [0, 0.05) is 6.08 Å². The number of hydrogen-bond acceptors (Lipinski definition) is 3. The molecule has 1 N–H and O–H groups in total. The van der Waals surface area contributed by atoms with E-state index in [2.05, 4.69) is 26.7 Å². The van der Waals surface area contributed by atoms with Gasteiger partial charge in [-0.05, 0) is 0 Å². The van der Waals surface area contributed by atoms with Gasteiger partial charge >= 0.3 is 44.8 Å². The Morgan fingerprint density at radius 3 is 1.60 bits per heavy atom. The van der Waals surface area contributed by atoms with Gasteiger partial charge in [0.2, 0.25) is 0 Å². The van der Waals surface area contributed by atoms with E-state index in [4.69, 9.17) is 5.11 Å². The van der Waals surface area contributed by atoms with E-state index >= 15 is 0 Å². The van der Waals surface area contributed by atoms with Crippen LogP contribution in [0.1, 0.15) is 0 Å². The molecule has 0 saturated carbocycles. The van der Waals surface area contributed by atoms with Crippen LogP contribution in [0, 0.1) is 0 Å². The van der Waals surface area contributed by atoms with Crippen LogP contribution in [0.2, 0.25) is 0 Å². The van der Waals surface area contributed by atoms with Gasteiger partial charge in [-0.1, -0.05) is 6.58 Å². The third-order valence-electron chi connectivity index (χ3n) is 0.175. The molecule has 0 aliphatic rings. The van der Waals surface area contributed by atoms with Crippen LogP contribution in [0.25, 0.3) is 0 Å². The molecule has 0 fully saturated rings. The molecule has 0 spiro atoms. The summed E-state index contributed by atoms with van der Waals surface area (Å²) in [6, 6.07) is 0.